The Labute approximate surface area is 117 Å². The third-order valence-corrected chi connectivity index (χ3v) is 2.88. The zero-order valence-corrected chi connectivity index (χ0v) is 11.2. The van der Waals surface area contributed by atoms with E-state index in [0.717, 1.165) is 16.7 Å². The summed E-state index contributed by atoms with van der Waals surface area (Å²) in [6.45, 7) is 2.16. The molecule has 0 atom stereocenters. The number of rotatable bonds is 4. The third-order valence-electron chi connectivity index (χ3n) is 2.88. The summed E-state index contributed by atoms with van der Waals surface area (Å²) in [5.41, 5.74) is 3.48. The molecule has 2 N–H and O–H groups in total. The fourth-order valence-corrected chi connectivity index (χ4v) is 1.95. The summed E-state index contributed by atoms with van der Waals surface area (Å²) in [5, 5.41) is 3.56. The van der Waals surface area contributed by atoms with Crippen LogP contribution in [0.3, 0.4) is 0 Å². The maximum absolute atomic E-state index is 11.6. The van der Waals surface area contributed by atoms with Gasteiger partial charge in [0.25, 0.3) is 0 Å². The van der Waals surface area contributed by atoms with Crippen molar-refractivity contribution in [2.75, 3.05) is 6.61 Å². The molecule has 0 aliphatic carbocycles. The van der Waals surface area contributed by atoms with Crippen LogP contribution in [0.2, 0.25) is 0 Å². The standard InChI is InChI=1S/C16H16N2O2/c1-2-20-16(19)13-9-7-12(8-10-13)15-6-4-3-5-14(15)11-18-17/h3-11H,2,17H2,1H3. The van der Waals surface area contributed by atoms with Gasteiger partial charge in [-0.05, 0) is 30.2 Å². The Kier molecular flexibility index (Phi) is 4.50. The molecular weight excluding hydrogens is 252 g/mol. The number of carbonyl (C=O) groups is 1. The molecule has 2 aromatic rings. The highest BCUT2D eigenvalue weighted by molar-refractivity contribution is 5.92. The van der Waals surface area contributed by atoms with Crippen molar-refractivity contribution in [1.82, 2.24) is 0 Å². The molecule has 0 heterocycles. The first-order valence-electron chi connectivity index (χ1n) is 6.36. The lowest BCUT2D eigenvalue weighted by molar-refractivity contribution is 0.0526. The Morgan fingerprint density at radius 1 is 1.20 bits per heavy atom. The van der Waals surface area contributed by atoms with Gasteiger partial charge in [-0.3, -0.25) is 0 Å². The highest BCUT2D eigenvalue weighted by atomic mass is 16.5. The van der Waals surface area contributed by atoms with Gasteiger partial charge >= 0.3 is 5.97 Å². The van der Waals surface area contributed by atoms with Crippen LogP contribution in [-0.2, 0) is 4.74 Å². The average molecular weight is 268 g/mol. The summed E-state index contributed by atoms with van der Waals surface area (Å²) in [5.74, 6) is 4.90. The van der Waals surface area contributed by atoms with Gasteiger partial charge in [-0.1, -0.05) is 36.4 Å². The largest absolute Gasteiger partial charge is 0.462 e. The second-order valence-corrected chi connectivity index (χ2v) is 4.16. The van der Waals surface area contributed by atoms with Crippen LogP contribution in [-0.4, -0.2) is 18.8 Å². The van der Waals surface area contributed by atoms with Gasteiger partial charge in [-0.15, -0.1) is 0 Å². The number of hydrogen-bond donors (Lipinski definition) is 1. The molecule has 0 fully saturated rings. The number of ether oxygens (including phenoxy) is 1. The van der Waals surface area contributed by atoms with E-state index in [1.807, 2.05) is 36.4 Å². The highest BCUT2D eigenvalue weighted by Crippen LogP contribution is 2.23. The first-order chi connectivity index (χ1) is 9.76. The van der Waals surface area contributed by atoms with Gasteiger partial charge in [0.05, 0.1) is 18.4 Å². The Morgan fingerprint density at radius 3 is 2.55 bits per heavy atom. The zero-order chi connectivity index (χ0) is 14.4. The number of hydrogen-bond acceptors (Lipinski definition) is 4. The van der Waals surface area contributed by atoms with Crippen molar-refractivity contribution in [3.05, 3.63) is 59.7 Å². The molecule has 0 bridgehead atoms. The summed E-state index contributed by atoms with van der Waals surface area (Å²) < 4.78 is 4.96. The second kappa shape index (κ2) is 6.52. The van der Waals surface area contributed by atoms with Crippen molar-refractivity contribution >= 4 is 12.2 Å². The van der Waals surface area contributed by atoms with Gasteiger partial charge < -0.3 is 10.6 Å². The van der Waals surface area contributed by atoms with Crippen LogP contribution in [0.4, 0.5) is 0 Å². The van der Waals surface area contributed by atoms with Crippen molar-refractivity contribution in [2.24, 2.45) is 10.9 Å². The summed E-state index contributed by atoms with van der Waals surface area (Å²) >= 11 is 0. The number of esters is 1. The molecule has 102 valence electrons. The van der Waals surface area contributed by atoms with E-state index in [9.17, 15) is 4.79 Å². The van der Waals surface area contributed by atoms with E-state index in [0.29, 0.717) is 12.2 Å². The van der Waals surface area contributed by atoms with E-state index in [1.165, 1.54) is 0 Å². The van der Waals surface area contributed by atoms with Gasteiger partial charge in [-0.25, -0.2) is 4.79 Å². The average Bonchev–Trinajstić information content (AvgIpc) is 2.49. The molecule has 0 unspecified atom stereocenters. The Bertz CT molecular complexity index is 619. The van der Waals surface area contributed by atoms with Crippen molar-refractivity contribution in [2.45, 2.75) is 6.92 Å². The number of benzene rings is 2. The quantitative estimate of drug-likeness (QED) is 0.401. The molecule has 0 aromatic heterocycles. The van der Waals surface area contributed by atoms with E-state index in [-0.39, 0.29) is 5.97 Å². The summed E-state index contributed by atoms with van der Waals surface area (Å²) in [6.07, 6.45) is 1.61. The van der Waals surface area contributed by atoms with Crippen LogP contribution >= 0.6 is 0 Å². The predicted octanol–water partition coefficient (Wildman–Crippen LogP) is 2.82. The minimum Gasteiger partial charge on any atom is -0.462 e. The van der Waals surface area contributed by atoms with Crippen LogP contribution in [0.5, 0.6) is 0 Å². The Hall–Kier alpha value is -2.62. The molecule has 0 amide bonds. The monoisotopic (exact) mass is 268 g/mol. The SMILES string of the molecule is CCOC(=O)c1ccc(-c2ccccc2C=NN)cc1. The van der Waals surface area contributed by atoms with E-state index in [1.54, 1.807) is 25.3 Å². The van der Waals surface area contributed by atoms with Gasteiger partial charge in [-0.2, -0.15) is 5.10 Å². The molecule has 2 aromatic carbocycles. The number of nitrogens with two attached hydrogens (primary N) is 1. The zero-order valence-electron chi connectivity index (χ0n) is 11.2. The van der Waals surface area contributed by atoms with Gasteiger partial charge in [0, 0.05) is 5.56 Å². The molecule has 4 heteroatoms. The maximum Gasteiger partial charge on any atom is 0.338 e. The first kappa shape index (κ1) is 13.8. The van der Waals surface area contributed by atoms with Gasteiger partial charge in [0.15, 0.2) is 0 Å². The molecule has 2 rings (SSSR count). The molecule has 0 aliphatic rings. The van der Waals surface area contributed by atoms with Crippen LogP contribution in [0, 0.1) is 0 Å². The molecule has 0 radical (unpaired) electrons. The molecule has 20 heavy (non-hydrogen) atoms. The molecule has 0 saturated heterocycles. The van der Waals surface area contributed by atoms with Crippen molar-refractivity contribution in [3.8, 4) is 11.1 Å². The van der Waals surface area contributed by atoms with Crippen molar-refractivity contribution in [1.29, 1.82) is 0 Å². The van der Waals surface area contributed by atoms with E-state index >= 15 is 0 Å². The lowest BCUT2D eigenvalue weighted by Crippen LogP contribution is -2.04. The third kappa shape index (κ3) is 3.03. The highest BCUT2D eigenvalue weighted by Gasteiger charge is 2.07. The minimum atomic E-state index is -0.309. The van der Waals surface area contributed by atoms with Crippen LogP contribution < -0.4 is 5.84 Å². The molecule has 4 nitrogen and oxygen atoms in total. The van der Waals surface area contributed by atoms with Gasteiger partial charge in [0.2, 0.25) is 0 Å². The van der Waals surface area contributed by atoms with Crippen molar-refractivity contribution < 1.29 is 9.53 Å². The molecular formula is C16H16N2O2. The van der Waals surface area contributed by atoms with E-state index < -0.39 is 0 Å². The first-order valence-corrected chi connectivity index (χ1v) is 6.36. The molecule has 0 spiro atoms. The summed E-state index contributed by atoms with van der Waals surface area (Å²) in [4.78, 5) is 11.6. The lowest BCUT2D eigenvalue weighted by Gasteiger charge is -2.07. The lowest BCUT2D eigenvalue weighted by atomic mass is 9.99. The number of carbonyl (C=O) groups excluding carboxylic acids is 1. The topological polar surface area (TPSA) is 64.7 Å². The summed E-state index contributed by atoms with van der Waals surface area (Å²) in [6, 6.07) is 15.1. The Morgan fingerprint density at radius 2 is 1.90 bits per heavy atom. The predicted molar refractivity (Wildman–Crippen MR) is 79.6 cm³/mol. The fraction of sp³-hybridized carbons (Fsp3) is 0.125. The number of nitrogens with zero attached hydrogens (tertiary/aromatic N) is 1. The Balaban J connectivity index is 2.33. The number of hydrazone groups is 1. The molecule has 0 aliphatic heterocycles. The molecule has 0 saturated carbocycles. The van der Waals surface area contributed by atoms with Crippen LogP contribution in [0.1, 0.15) is 22.8 Å². The van der Waals surface area contributed by atoms with E-state index in [2.05, 4.69) is 5.10 Å². The second-order valence-electron chi connectivity index (χ2n) is 4.16. The van der Waals surface area contributed by atoms with Gasteiger partial charge in [0.1, 0.15) is 0 Å². The van der Waals surface area contributed by atoms with E-state index in [4.69, 9.17) is 10.6 Å². The maximum atomic E-state index is 11.6. The fourth-order valence-electron chi connectivity index (χ4n) is 1.95. The van der Waals surface area contributed by atoms with Crippen LogP contribution in [0.25, 0.3) is 11.1 Å². The van der Waals surface area contributed by atoms with Crippen LogP contribution in [0.15, 0.2) is 53.6 Å². The minimum absolute atomic E-state index is 0.309. The summed E-state index contributed by atoms with van der Waals surface area (Å²) in [7, 11) is 0. The van der Waals surface area contributed by atoms with Crippen molar-refractivity contribution in [3.63, 3.8) is 0 Å². The normalized spacial score (nSPS) is 10.7. The smallest absolute Gasteiger partial charge is 0.338 e.